The maximum Gasteiger partial charge on any atom is 0.197 e. The van der Waals surface area contributed by atoms with Gasteiger partial charge in [0.1, 0.15) is 5.01 Å². The molecule has 0 unspecified atom stereocenters. The quantitative estimate of drug-likeness (QED) is 0.236. The van der Waals surface area contributed by atoms with Gasteiger partial charge in [0, 0.05) is 34.8 Å². The monoisotopic (exact) mass is 461 g/mol. The number of carbonyl (C=O) groups is 2. The molecule has 0 N–H and O–H groups in total. The van der Waals surface area contributed by atoms with Crippen LogP contribution < -0.4 is 0 Å². The van der Waals surface area contributed by atoms with Gasteiger partial charge in [-0.2, -0.15) is 0 Å². The summed E-state index contributed by atoms with van der Waals surface area (Å²) in [4.78, 5) is 35.5. The van der Waals surface area contributed by atoms with Crippen LogP contribution in [-0.4, -0.2) is 26.1 Å². The topological polar surface area (TPSA) is 64.8 Å². The highest BCUT2D eigenvalue weighted by Gasteiger charge is 2.34. The first-order valence-electron chi connectivity index (χ1n) is 10.9. The molecule has 0 radical (unpaired) electrons. The van der Waals surface area contributed by atoms with Crippen LogP contribution in [0.15, 0.2) is 78.6 Å². The molecule has 2 aromatic carbocycles. The van der Waals surface area contributed by atoms with Crippen LogP contribution in [-0.2, 0) is 0 Å². The fourth-order valence-electron chi connectivity index (χ4n) is 4.33. The molecule has 164 valence electrons. The molecule has 6 heteroatoms. The molecule has 3 heterocycles. The van der Waals surface area contributed by atoms with Crippen LogP contribution in [0.3, 0.4) is 0 Å². The number of pyridine rings is 1. The van der Waals surface area contributed by atoms with Gasteiger partial charge in [0.25, 0.3) is 0 Å². The number of aromatic nitrogens is 3. The highest BCUT2D eigenvalue weighted by atomic mass is 32.1. The number of hydrogen-bond donors (Lipinski definition) is 0. The molecule has 1 aliphatic rings. The van der Waals surface area contributed by atoms with Gasteiger partial charge in [-0.25, -0.2) is 4.98 Å². The van der Waals surface area contributed by atoms with Gasteiger partial charge < -0.3 is 0 Å². The van der Waals surface area contributed by atoms with Gasteiger partial charge in [-0.05, 0) is 73.5 Å². The molecule has 1 aliphatic carbocycles. The third kappa shape index (κ3) is 3.15. The number of benzene rings is 2. The number of allylic oxidation sites excluding steroid dienone is 1. The second-order valence-electron chi connectivity index (χ2n) is 8.39. The van der Waals surface area contributed by atoms with Gasteiger partial charge in [-0.3, -0.25) is 19.1 Å². The molecule has 0 saturated carbocycles. The van der Waals surface area contributed by atoms with Gasteiger partial charge in [0.2, 0.25) is 0 Å². The molecule has 0 saturated heterocycles. The summed E-state index contributed by atoms with van der Waals surface area (Å²) in [6.07, 6.45) is 5.24. The zero-order valence-corrected chi connectivity index (χ0v) is 19.4. The average Bonchev–Trinajstić information content (AvgIpc) is 3.47. The highest BCUT2D eigenvalue weighted by molar-refractivity contribution is 7.21. The van der Waals surface area contributed by atoms with Gasteiger partial charge in [0.15, 0.2) is 17.2 Å². The molecule has 34 heavy (non-hydrogen) atoms. The molecule has 0 aliphatic heterocycles. The molecule has 5 aromatic rings. The number of ketones is 2. The maximum atomic E-state index is 13.2. The van der Waals surface area contributed by atoms with Crippen LogP contribution >= 0.6 is 11.3 Å². The molecular formula is C28H19N3O2S. The molecule has 3 aromatic heterocycles. The minimum absolute atomic E-state index is 0.190. The first-order chi connectivity index (χ1) is 16.5. The first kappa shape index (κ1) is 20.4. The Morgan fingerprint density at radius 1 is 0.882 bits per heavy atom. The van der Waals surface area contributed by atoms with E-state index < -0.39 is 0 Å². The Hall–Kier alpha value is -4.16. The van der Waals surface area contributed by atoms with E-state index in [1.54, 1.807) is 29.8 Å². The van der Waals surface area contributed by atoms with Crippen molar-refractivity contribution in [3.8, 4) is 16.3 Å². The minimum atomic E-state index is -0.226. The lowest BCUT2D eigenvalue weighted by atomic mass is 10.0. The maximum absolute atomic E-state index is 13.2. The second kappa shape index (κ2) is 7.71. The van der Waals surface area contributed by atoms with Gasteiger partial charge in [-0.1, -0.05) is 18.2 Å². The van der Waals surface area contributed by atoms with Crippen molar-refractivity contribution in [3.05, 3.63) is 107 Å². The lowest BCUT2D eigenvalue weighted by Gasteiger charge is -2.07. The first-order valence-corrected chi connectivity index (χ1v) is 11.7. The molecule has 0 fully saturated rings. The zero-order valence-electron chi connectivity index (χ0n) is 18.6. The van der Waals surface area contributed by atoms with Crippen molar-refractivity contribution in [3.63, 3.8) is 0 Å². The number of para-hydroxylation sites is 1. The second-order valence-corrected chi connectivity index (χ2v) is 9.42. The van der Waals surface area contributed by atoms with Crippen LogP contribution in [0.5, 0.6) is 0 Å². The SMILES string of the molecule is Cc1cc2c(cc1C)C(=O)C(=Cc1cc3sc(-c4cccnc4)nc3n1-c1ccccc1)C2=O. The van der Waals surface area contributed by atoms with E-state index >= 15 is 0 Å². The Morgan fingerprint density at radius 3 is 2.24 bits per heavy atom. The van der Waals surface area contributed by atoms with Crippen LogP contribution in [0.2, 0.25) is 0 Å². The van der Waals surface area contributed by atoms with Crippen LogP contribution in [0, 0.1) is 13.8 Å². The summed E-state index contributed by atoms with van der Waals surface area (Å²) in [5, 5.41) is 0.869. The van der Waals surface area contributed by atoms with Crippen LogP contribution in [0.1, 0.15) is 37.5 Å². The van der Waals surface area contributed by atoms with Crippen molar-refractivity contribution in [2.45, 2.75) is 13.8 Å². The van der Waals surface area contributed by atoms with Gasteiger partial charge >= 0.3 is 0 Å². The van der Waals surface area contributed by atoms with E-state index in [0.29, 0.717) is 11.1 Å². The fourth-order valence-corrected chi connectivity index (χ4v) is 5.32. The number of fused-ring (bicyclic) bond motifs is 2. The molecule has 0 atom stereocenters. The Morgan fingerprint density at radius 2 is 1.59 bits per heavy atom. The number of Topliss-reactive ketones (excluding diaryl/α,β-unsaturated/α-hetero) is 2. The summed E-state index contributed by atoms with van der Waals surface area (Å²) < 4.78 is 2.97. The normalized spacial score (nSPS) is 13.1. The third-order valence-electron chi connectivity index (χ3n) is 6.21. The van der Waals surface area contributed by atoms with Crippen LogP contribution in [0.4, 0.5) is 0 Å². The zero-order chi connectivity index (χ0) is 23.4. The van der Waals surface area contributed by atoms with Crippen molar-refractivity contribution >= 4 is 39.3 Å². The summed E-state index contributed by atoms with van der Waals surface area (Å²) in [5.41, 5.74) is 6.55. The Balaban J connectivity index is 1.54. The summed E-state index contributed by atoms with van der Waals surface area (Å²) >= 11 is 1.56. The van der Waals surface area contributed by atoms with Crippen molar-refractivity contribution in [2.75, 3.05) is 0 Å². The predicted octanol–water partition coefficient (Wildman–Crippen LogP) is 6.23. The number of thiazole rings is 1. The molecule has 5 nitrogen and oxygen atoms in total. The summed E-state index contributed by atoms with van der Waals surface area (Å²) in [7, 11) is 0. The van der Waals surface area contributed by atoms with Crippen molar-refractivity contribution in [1.29, 1.82) is 0 Å². The van der Waals surface area contributed by atoms with E-state index in [0.717, 1.165) is 43.4 Å². The Kier molecular flexibility index (Phi) is 4.64. The summed E-state index contributed by atoms with van der Waals surface area (Å²) in [6, 6.07) is 19.4. The third-order valence-corrected chi connectivity index (χ3v) is 7.25. The number of nitrogens with zero attached hydrogens (tertiary/aromatic N) is 3. The van der Waals surface area contributed by atoms with Crippen molar-refractivity contribution < 1.29 is 9.59 Å². The Labute approximate surface area is 200 Å². The lowest BCUT2D eigenvalue weighted by Crippen LogP contribution is -2.03. The van der Waals surface area contributed by atoms with Crippen molar-refractivity contribution in [1.82, 2.24) is 14.5 Å². The number of hydrogen-bond acceptors (Lipinski definition) is 5. The molecular weight excluding hydrogens is 442 g/mol. The average molecular weight is 462 g/mol. The fraction of sp³-hybridized carbons (Fsp3) is 0.0714. The van der Waals surface area contributed by atoms with Gasteiger partial charge in [-0.15, -0.1) is 11.3 Å². The van der Waals surface area contributed by atoms with E-state index in [1.807, 2.05) is 79.1 Å². The van der Waals surface area contributed by atoms with Crippen LogP contribution in [0.25, 0.3) is 32.7 Å². The lowest BCUT2D eigenvalue weighted by molar-refractivity contribution is 0.0990. The summed E-state index contributed by atoms with van der Waals surface area (Å²) in [5.74, 6) is -0.451. The standard InChI is InChI=1S/C28H19N3O2S/c1-16-11-21-22(12-17(16)2)26(33)23(25(21)32)13-20-14-24-27(31(20)19-8-4-3-5-9-19)30-28(34-24)18-7-6-10-29-15-18/h3-15H,1-2H3. The Bertz CT molecular complexity index is 1600. The summed E-state index contributed by atoms with van der Waals surface area (Å²) in [6.45, 7) is 3.91. The number of rotatable bonds is 3. The molecule has 0 amide bonds. The number of carbonyl (C=O) groups excluding carboxylic acids is 2. The smallest absolute Gasteiger partial charge is 0.197 e. The van der Waals surface area contributed by atoms with E-state index in [2.05, 4.69) is 4.98 Å². The van der Waals surface area contributed by atoms with Gasteiger partial charge in [0.05, 0.1) is 16.0 Å². The molecule has 0 spiro atoms. The number of aryl methyl sites for hydroxylation is 2. The minimum Gasteiger partial charge on any atom is -0.294 e. The largest absolute Gasteiger partial charge is 0.294 e. The van der Waals surface area contributed by atoms with E-state index in [-0.39, 0.29) is 17.1 Å². The predicted molar refractivity (Wildman–Crippen MR) is 135 cm³/mol. The van der Waals surface area contributed by atoms with E-state index in [4.69, 9.17) is 4.98 Å². The molecule has 6 rings (SSSR count). The molecule has 0 bridgehead atoms. The van der Waals surface area contributed by atoms with E-state index in [1.165, 1.54) is 0 Å². The highest BCUT2D eigenvalue weighted by Crippen LogP contribution is 2.36. The van der Waals surface area contributed by atoms with Crippen molar-refractivity contribution in [2.24, 2.45) is 0 Å². The van der Waals surface area contributed by atoms with E-state index in [9.17, 15) is 9.59 Å².